The third-order valence-corrected chi connectivity index (χ3v) is 3.89. The zero-order valence-corrected chi connectivity index (χ0v) is 12.1. The molecule has 0 spiro atoms. The second-order valence-electron chi connectivity index (χ2n) is 5.45. The first-order chi connectivity index (χ1) is 9.91. The van der Waals surface area contributed by atoms with Crippen molar-refractivity contribution in [1.29, 1.82) is 0 Å². The second kappa shape index (κ2) is 6.77. The van der Waals surface area contributed by atoms with Crippen molar-refractivity contribution in [3.63, 3.8) is 0 Å². The highest BCUT2D eigenvalue weighted by atomic mass is 19.4. The molecule has 1 aromatic rings. The monoisotopic (exact) mass is 302 g/mol. The van der Waals surface area contributed by atoms with Gasteiger partial charge in [0.1, 0.15) is 0 Å². The average Bonchev–Trinajstić information content (AvgIpc) is 2.92. The summed E-state index contributed by atoms with van der Waals surface area (Å²) in [4.78, 5) is 2.05. The number of nitrogens with zero attached hydrogens (tertiary/aromatic N) is 1. The standard InChI is InChI=1S/C15H21F3N2O/c1-20(10-13-3-2-8-21-13)14(9-19)11-4-6-12(7-5-11)15(16,17)18/h4-7,13-14H,2-3,8-10,19H2,1H3. The molecule has 21 heavy (non-hydrogen) atoms. The lowest BCUT2D eigenvalue weighted by Crippen LogP contribution is -2.36. The van der Waals surface area contributed by atoms with Crippen molar-refractivity contribution in [1.82, 2.24) is 4.90 Å². The molecule has 2 N–H and O–H groups in total. The van der Waals surface area contributed by atoms with Gasteiger partial charge in [0.25, 0.3) is 0 Å². The first-order valence-corrected chi connectivity index (χ1v) is 7.11. The normalized spacial score (nSPS) is 21.0. The molecule has 1 aromatic carbocycles. The molecule has 0 bridgehead atoms. The van der Waals surface area contributed by atoms with Crippen molar-refractivity contribution >= 4 is 0 Å². The summed E-state index contributed by atoms with van der Waals surface area (Å²) in [6.07, 6.45) is -2.03. The van der Waals surface area contributed by atoms with Crippen LogP contribution in [0.2, 0.25) is 0 Å². The van der Waals surface area contributed by atoms with E-state index >= 15 is 0 Å². The van der Waals surface area contributed by atoms with Gasteiger partial charge in [-0.05, 0) is 37.6 Å². The number of benzene rings is 1. The number of likely N-dealkylation sites (N-methyl/N-ethyl adjacent to an activating group) is 1. The number of hydrogen-bond donors (Lipinski definition) is 1. The third-order valence-electron chi connectivity index (χ3n) is 3.89. The molecule has 0 amide bonds. The molecule has 1 aliphatic rings. The quantitative estimate of drug-likeness (QED) is 0.909. The Morgan fingerprint density at radius 1 is 1.33 bits per heavy atom. The number of halogens is 3. The van der Waals surface area contributed by atoms with Crippen LogP contribution >= 0.6 is 0 Å². The van der Waals surface area contributed by atoms with E-state index in [1.165, 1.54) is 12.1 Å². The Bertz CT molecular complexity index is 441. The van der Waals surface area contributed by atoms with Gasteiger partial charge in [-0.2, -0.15) is 13.2 Å². The van der Waals surface area contributed by atoms with Gasteiger partial charge in [-0.3, -0.25) is 4.90 Å². The molecule has 1 heterocycles. The lowest BCUT2D eigenvalue weighted by molar-refractivity contribution is -0.137. The minimum atomic E-state index is -4.31. The predicted molar refractivity (Wildman–Crippen MR) is 74.8 cm³/mol. The zero-order chi connectivity index (χ0) is 15.5. The van der Waals surface area contributed by atoms with Crippen LogP contribution in [0, 0.1) is 0 Å². The summed E-state index contributed by atoms with van der Waals surface area (Å²) in [6, 6.07) is 5.13. The maximum atomic E-state index is 12.6. The van der Waals surface area contributed by atoms with Crippen molar-refractivity contribution in [2.75, 3.05) is 26.7 Å². The number of rotatable bonds is 5. The fourth-order valence-corrected chi connectivity index (χ4v) is 2.70. The molecule has 1 aliphatic heterocycles. The Hall–Kier alpha value is -1.11. The summed E-state index contributed by atoms with van der Waals surface area (Å²) < 4.78 is 43.3. The number of alkyl halides is 3. The van der Waals surface area contributed by atoms with Crippen molar-refractivity contribution in [3.05, 3.63) is 35.4 Å². The van der Waals surface area contributed by atoms with E-state index in [1.54, 1.807) is 0 Å². The lowest BCUT2D eigenvalue weighted by atomic mass is 10.0. The van der Waals surface area contributed by atoms with Crippen LogP contribution in [0.4, 0.5) is 13.2 Å². The predicted octanol–water partition coefficient (Wildman–Crippen LogP) is 2.82. The Morgan fingerprint density at radius 2 is 2.00 bits per heavy atom. The molecule has 6 heteroatoms. The van der Waals surface area contributed by atoms with E-state index in [0.717, 1.165) is 43.7 Å². The molecular weight excluding hydrogens is 281 g/mol. The summed E-state index contributed by atoms with van der Waals surface area (Å²) in [6.45, 7) is 1.88. The summed E-state index contributed by atoms with van der Waals surface area (Å²) in [5.41, 5.74) is 5.96. The second-order valence-corrected chi connectivity index (χ2v) is 5.45. The molecule has 2 rings (SSSR count). The highest BCUT2D eigenvalue weighted by Gasteiger charge is 2.30. The topological polar surface area (TPSA) is 38.5 Å². The van der Waals surface area contributed by atoms with E-state index in [-0.39, 0.29) is 12.1 Å². The Kier molecular flexibility index (Phi) is 5.24. The molecule has 2 unspecified atom stereocenters. The van der Waals surface area contributed by atoms with Gasteiger partial charge in [0.2, 0.25) is 0 Å². The van der Waals surface area contributed by atoms with Crippen LogP contribution in [-0.4, -0.2) is 37.7 Å². The summed E-state index contributed by atoms with van der Waals surface area (Å²) in [5, 5.41) is 0. The highest BCUT2D eigenvalue weighted by Crippen LogP contribution is 2.30. The Balaban J connectivity index is 2.05. The fraction of sp³-hybridized carbons (Fsp3) is 0.600. The van der Waals surface area contributed by atoms with Gasteiger partial charge in [0.05, 0.1) is 11.7 Å². The Morgan fingerprint density at radius 3 is 2.48 bits per heavy atom. The van der Waals surface area contributed by atoms with E-state index in [4.69, 9.17) is 10.5 Å². The zero-order valence-electron chi connectivity index (χ0n) is 12.1. The van der Waals surface area contributed by atoms with Crippen molar-refractivity contribution < 1.29 is 17.9 Å². The van der Waals surface area contributed by atoms with E-state index in [1.807, 2.05) is 7.05 Å². The SMILES string of the molecule is CN(CC1CCCO1)C(CN)c1ccc(C(F)(F)F)cc1. The molecule has 0 aromatic heterocycles. The van der Waals surface area contributed by atoms with Crippen LogP contribution in [0.5, 0.6) is 0 Å². The third kappa shape index (κ3) is 4.18. The van der Waals surface area contributed by atoms with Gasteiger partial charge in [0, 0.05) is 25.7 Å². The fourth-order valence-electron chi connectivity index (χ4n) is 2.70. The molecule has 0 aliphatic carbocycles. The molecule has 118 valence electrons. The maximum absolute atomic E-state index is 12.6. The van der Waals surface area contributed by atoms with Gasteiger partial charge in [-0.1, -0.05) is 12.1 Å². The highest BCUT2D eigenvalue weighted by molar-refractivity contribution is 5.27. The minimum absolute atomic E-state index is 0.100. The molecule has 2 atom stereocenters. The van der Waals surface area contributed by atoms with Gasteiger partial charge in [0.15, 0.2) is 0 Å². The molecular formula is C15H21F3N2O. The molecule has 1 saturated heterocycles. The van der Waals surface area contributed by atoms with Crippen LogP contribution in [0.15, 0.2) is 24.3 Å². The van der Waals surface area contributed by atoms with Gasteiger partial charge in [-0.25, -0.2) is 0 Å². The lowest BCUT2D eigenvalue weighted by Gasteiger charge is -2.29. The van der Waals surface area contributed by atoms with Gasteiger partial charge >= 0.3 is 6.18 Å². The van der Waals surface area contributed by atoms with Crippen LogP contribution in [-0.2, 0) is 10.9 Å². The first-order valence-electron chi connectivity index (χ1n) is 7.11. The van der Waals surface area contributed by atoms with Crippen LogP contribution in [0.3, 0.4) is 0 Å². The average molecular weight is 302 g/mol. The summed E-state index contributed by atoms with van der Waals surface area (Å²) in [5.74, 6) is 0. The van der Waals surface area contributed by atoms with E-state index < -0.39 is 11.7 Å². The molecule has 0 radical (unpaired) electrons. The van der Waals surface area contributed by atoms with E-state index in [2.05, 4.69) is 4.90 Å². The van der Waals surface area contributed by atoms with E-state index in [9.17, 15) is 13.2 Å². The molecule has 3 nitrogen and oxygen atoms in total. The smallest absolute Gasteiger partial charge is 0.377 e. The van der Waals surface area contributed by atoms with Crippen LogP contribution in [0.1, 0.15) is 30.0 Å². The van der Waals surface area contributed by atoms with Crippen LogP contribution < -0.4 is 5.73 Å². The largest absolute Gasteiger partial charge is 0.416 e. The molecule has 1 fully saturated rings. The summed E-state index contributed by atoms with van der Waals surface area (Å²) >= 11 is 0. The maximum Gasteiger partial charge on any atom is 0.416 e. The van der Waals surface area contributed by atoms with Crippen molar-refractivity contribution in [2.45, 2.75) is 31.2 Å². The minimum Gasteiger partial charge on any atom is -0.377 e. The summed E-state index contributed by atoms with van der Waals surface area (Å²) in [7, 11) is 1.93. The van der Waals surface area contributed by atoms with Crippen molar-refractivity contribution in [2.24, 2.45) is 5.73 Å². The molecule has 0 saturated carbocycles. The number of ether oxygens (including phenoxy) is 1. The van der Waals surface area contributed by atoms with Gasteiger partial charge < -0.3 is 10.5 Å². The van der Waals surface area contributed by atoms with Crippen LogP contribution in [0.25, 0.3) is 0 Å². The first kappa shape index (κ1) is 16.3. The number of nitrogens with two attached hydrogens (primary N) is 1. The van der Waals surface area contributed by atoms with E-state index in [0.29, 0.717) is 6.54 Å². The van der Waals surface area contributed by atoms with Gasteiger partial charge in [-0.15, -0.1) is 0 Å². The number of hydrogen-bond acceptors (Lipinski definition) is 3. The van der Waals surface area contributed by atoms with Crippen molar-refractivity contribution in [3.8, 4) is 0 Å². The Labute approximate surface area is 122 Å².